The predicted octanol–water partition coefficient (Wildman–Crippen LogP) is 2.41. The van der Waals surface area contributed by atoms with Crippen LogP contribution in [-0.2, 0) is 19.4 Å². The van der Waals surface area contributed by atoms with E-state index in [0.29, 0.717) is 12.2 Å². The van der Waals surface area contributed by atoms with Gasteiger partial charge in [-0.05, 0) is 30.5 Å². The highest BCUT2D eigenvalue weighted by atomic mass is 79.9. The maximum Gasteiger partial charge on any atom is 0.407 e. The second-order valence-electron chi connectivity index (χ2n) is 7.86. The molecule has 10 nitrogen and oxygen atoms in total. The molecule has 3 rings (SSSR count). The van der Waals surface area contributed by atoms with E-state index in [4.69, 9.17) is 0 Å². The van der Waals surface area contributed by atoms with Crippen molar-refractivity contribution in [1.29, 1.82) is 5.26 Å². The van der Waals surface area contributed by atoms with Crippen LogP contribution in [0.4, 0.5) is 4.79 Å². The van der Waals surface area contributed by atoms with E-state index in [1.54, 1.807) is 6.20 Å². The van der Waals surface area contributed by atoms with Crippen molar-refractivity contribution >= 4 is 37.8 Å². The van der Waals surface area contributed by atoms with Crippen molar-refractivity contribution in [1.82, 2.24) is 20.2 Å². The Hall–Kier alpha value is -2.91. The molecule has 1 aliphatic rings. The fraction of sp³-hybridized carbons (Fsp3) is 0.429. The molecule has 2 aromatic rings. The molecule has 33 heavy (non-hydrogen) atoms. The normalized spacial score (nSPS) is 19.0. The molecular weight excluding hydrogens is 514 g/mol. The molecule has 0 saturated carbocycles. The van der Waals surface area contributed by atoms with E-state index in [1.165, 1.54) is 4.90 Å². The van der Waals surface area contributed by atoms with Gasteiger partial charge in [-0.1, -0.05) is 28.1 Å². The van der Waals surface area contributed by atoms with Gasteiger partial charge < -0.3 is 19.9 Å². The van der Waals surface area contributed by atoms with Crippen LogP contribution in [0.15, 0.2) is 34.9 Å². The van der Waals surface area contributed by atoms with Gasteiger partial charge in [0, 0.05) is 17.3 Å². The third-order valence-electron chi connectivity index (χ3n) is 5.39. The number of sulfone groups is 1. The summed E-state index contributed by atoms with van der Waals surface area (Å²) in [6.45, 7) is 0.145. The molecule has 0 aliphatic carbocycles. The molecule has 0 spiro atoms. The number of ether oxygens (including phenoxy) is 1. The number of hydrogen-bond acceptors (Lipinski definition) is 7. The van der Waals surface area contributed by atoms with Crippen molar-refractivity contribution in [2.75, 3.05) is 25.7 Å². The maximum absolute atomic E-state index is 13.4. The molecule has 0 radical (unpaired) electrons. The summed E-state index contributed by atoms with van der Waals surface area (Å²) in [6, 6.07) is 8.18. The molecule has 1 aliphatic heterocycles. The average Bonchev–Trinajstić information content (AvgIpc) is 3.43. The van der Waals surface area contributed by atoms with Gasteiger partial charge in [0.05, 0.1) is 42.8 Å². The predicted molar refractivity (Wildman–Crippen MR) is 124 cm³/mol. The van der Waals surface area contributed by atoms with Crippen LogP contribution in [0.1, 0.15) is 24.7 Å². The number of aromatic amines is 1. The highest BCUT2D eigenvalue weighted by molar-refractivity contribution is 9.10. The van der Waals surface area contributed by atoms with E-state index in [0.717, 1.165) is 29.1 Å². The van der Waals surface area contributed by atoms with E-state index >= 15 is 0 Å². The summed E-state index contributed by atoms with van der Waals surface area (Å²) in [5.41, 5.74) is 1.66. The first kappa shape index (κ1) is 24.7. The smallest absolute Gasteiger partial charge is 0.407 e. The van der Waals surface area contributed by atoms with Crippen LogP contribution in [0.5, 0.6) is 0 Å². The van der Waals surface area contributed by atoms with Crippen LogP contribution in [0, 0.1) is 17.2 Å². The number of H-pyrrole nitrogens is 1. The van der Waals surface area contributed by atoms with Gasteiger partial charge in [-0.25, -0.2) is 18.2 Å². The minimum atomic E-state index is -3.37. The van der Waals surface area contributed by atoms with Crippen LogP contribution in [0.2, 0.25) is 0 Å². The molecule has 0 bridgehead atoms. The first-order chi connectivity index (χ1) is 15.6. The first-order valence-corrected chi connectivity index (χ1v) is 13.0. The second kappa shape index (κ2) is 10.4. The highest BCUT2D eigenvalue weighted by Crippen LogP contribution is 2.35. The van der Waals surface area contributed by atoms with E-state index in [2.05, 4.69) is 42.0 Å². The van der Waals surface area contributed by atoms with Crippen LogP contribution < -0.4 is 5.32 Å². The summed E-state index contributed by atoms with van der Waals surface area (Å²) >= 11 is 3.40. The van der Waals surface area contributed by atoms with Crippen molar-refractivity contribution in [3.05, 3.63) is 40.8 Å². The number of aromatic nitrogens is 2. The van der Waals surface area contributed by atoms with Crippen molar-refractivity contribution in [2.24, 2.45) is 5.92 Å². The van der Waals surface area contributed by atoms with Crippen molar-refractivity contribution < 1.29 is 22.7 Å². The lowest BCUT2D eigenvalue weighted by atomic mass is 10.1. The minimum Gasteiger partial charge on any atom is -0.453 e. The number of rotatable bonds is 7. The first-order valence-electron chi connectivity index (χ1n) is 10.1. The van der Waals surface area contributed by atoms with Gasteiger partial charge in [-0.15, -0.1) is 0 Å². The van der Waals surface area contributed by atoms with Gasteiger partial charge in [-0.2, -0.15) is 5.26 Å². The number of methoxy groups -OCH3 is 1. The van der Waals surface area contributed by atoms with Crippen LogP contribution in [-0.4, -0.2) is 67.0 Å². The van der Waals surface area contributed by atoms with Crippen LogP contribution in [0.3, 0.4) is 0 Å². The quantitative estimate of drug-likeness (QED) is 0.551. The third kappa shape index (κ3) is 6.33. The van der Waals surface area contributed by atoms with E-state index < -0.39 is 39.8 Å². The Bertz CT molecular complexity index is 1160. The zero-order chi connectivity index (χ0) is 24.2. The molecule has 176 valence electrons. The molecule has 1 aromatic heterocycles. The Kier molecular flexibility index (Phi) is 7.76. The number of imidazole rings is 1. The summed E-state index contributed by atoms with van der Waals surface area (Å²) in [7, 11) is -2.21. The number of amides is 2. The Morgan fingerprint density at radius 2 is 2.09 bits per heavy atom. The van der Waals surface area contributed by atoms with Gasteiger partial charge >= 0.3 is 6.09 Å². The SMILES string of the molecule is COC(=O)NC(CCS(C)(=O)=O)C(=O)N1CC(C#N)CC1c1ncc(-c2ccc(Br)cc2)[nH]1. The van der Waals surface area contributed by atoms with Gasteiger partial charge in [0.25, 0.3) is 0 Å². The fourth-order valence-corrected chi connectivity index (χ4v) is 4.63. The molecule has 1 fully saturated rings. The third-order valence-corrected chi connectivity index (χ3v) is 6.89. The summed E-state index contributed by atoms with van der Waals surface area (Å²) in [5, 5.41) is 11.9. The Labute approximate surface area is 200 Å². The van der Waals surface area contributed by atoms with E-state index in [-0.39, 0.29) is 18.7 Å². The Morgan fingerprint density at radius 1 is 1.39 bits per heavy atom. The van der Waals surface area contributed by atoms with Gasteiger partial charge in [-0.3, -0.25) is 4.79 Å². The monoisotopic (exact) mass is 537 g/mol. The molecule has 1 aromatic carbocycles. The summed E-state index contributed by atoms with van der Waals surface area (Å²) in [6.07, 6.45) is 2.13. The summed E-state index contributed by atoms with van der Waals surface area (Å²) in [5.74, 6) is -0.691. The van der Waals surface area contributed by atoms with E-state index in [9.17, 15) is 23.3 Å². The average molecular weight is 538 g/mol. The number of nitriles is 1. The summed E-state index contributed by atoms with van der Waals surface area (Å²) in [4.78, 5) is 34.3. The number of benzene rings is 1. The number of nitrogens with zero attached hydrogens (tertiary/aromatic N) is 3. The fourth-order valence-electron chi connectivity index (χ4n) is 3.71. The maximum atomic E-state index is 13.4. The van der Waals surface area contributed by atoms with Crippen LogP contribution in [0.25, 0.3) is 11.3 Å². The standard InChI is InChI=1S/C21H24BrN5O5S/c1-32-21(29)26-16(7-8-33(2,30)31)20(28)27-12-13(10-23)9-18(27)19-24-11-17(25-19)14-3-5-15(22)6-4-14/h3-6,11,13,16,18H,7-9,12H2,1-2H3,(H,24,25)(H,26,29). The largest absolute Gasteiger partial charge is 0.453 e. The number of nitrogens with one attached hydrogen (secondary N) is 2. The van der Waals surface area contributed by atoms with Gasteiger partial charge in [0.1, 0.15) is 21.7 Å². The Balaban J connectivity index is 1.87. The Morgan fingerprint density at radius 3 is 2.70 bits per heavy atom. The zero-order valence-electron chi connectivity index (χ0n) is 18.1. The molecule has 2 N–H and O–H groups in total. The number of hydrogen-bond donors (Lipinski definition) is 2. The highest BCUT2D eigenvalue weighted by Gasteiger charge is 2.41. The number of carbonyl (C=O) groups is 2. The number of alkyl carbamates (subject to hydrolysis) is 1. The molecule has 2 amide bonds. The van der Waals surface area contributed by atoms with Crippen molar-refractivity contribution in [3.8, 4) is 17.3 Å². The zero-order valence-corrected chi connectivity index (χ0v) is 20.5. The van der Waals surface area contributed by atoms with Gasteiger partial charge in [0.2, 0.25) is 5.91 Å². The lowest BCUT2D eigenvalue weighted by Gasteiger charge is -2.28. The molecular formula is C21H24BrN5O5S. The minimum absolute atomic E-state index is 0.116. The van der Waals surface area contributed by atoms with Crippen molar-refractivity contribution in [2.45, 2.75) is 24.9 Å². The molecule has 3 unspecified atom stereocenters. The van der Waals surface area contributed by atoms with Crippen molar-refractivity contribution in [3.63, 3.8) is 0 Å². The molecule has 12 heteroatoms. The number of halogens is 1. The molecule has 3 atom stereocenters. The lowest BCUT2D eigenvalue weighted by Crippen LogP contribution is -2.49. The van der Waals surface area contributed by atoms with Crippen LogP contribution >= 0.6 is 15.9 Å². The topological polar surface area (TPSA) is 145 Å². The lowest BCUT2D eigenvalue weighted by molar-refractivity contribution is -0.134. The molecule has 2 heterocycles. The number of likely N-dealkylation sites (tertiary alicyclic amines) is 1. The molecule has 1 saturated heterocycles. The second-order valence-corrected chi connectivity index (χ2v) is 11.0. The summed E-state index contributed by atoms with van der Waals surface area (Å²) < 4.78 is 28.8. The number of carbonyl (C=O) groups excluding carboxylic acids is 2. The van der Waals surface area contributed by atoms with Gasteiger partial charge in [0.15, 0.2) is 0 Å². The van der Waals surface area contributed by atoms with E-state index in [1.807, 2.05) is 24.3 Å².